The molecule has 29 heavy (non-hydrogen) atoms. The summed E-state index contributed by atoms with van der Waals surface area (Å²) >= 11 is 0. The van der Waals surface area contributed by atoms with E-state index >= 15 is 0 Å². The van der Waals surface area contributed by atoms with Gasteiger partial charge in [0.05, 0.1) is 17.9 Å². The first-order valence-corrected chi connectivity index (χ1v) is 10.3. The van der Waals surface area contributed by atoms with Crippen molar-refractivity contribution in [1.29, 1.82) is 0 Å². The van der Waals surface area contributed by atoms with Gasteiger partial charge in [0.1, 0.15) is 18.5 Å². The minimum Gasteiger partial charge on any atom is -0.491 e. The number of amides is 1. The first-order valence-electron chi connectivity index (χ1n) is 10.3. The predicted molar refractivity (Wildman–Crippen MR) is 110 cm³/mol. The fourth-order valence-corrected chi connectivity index (χ4v) is 3.61. The molecule has 0 fully saturated rings. The SMILES string of the molecule is Cc1c(C(=O)N2CCCCCc3ccccc3OC[C@@H](O)[C@@H](O)CC2)cnn1C. The highest BCUT2D eigenvalue weighted by Crippen LogP contribution is 2.22. The van der Waals surface area contributed by atoms with Crippen LogP contribution in [0.2, 0.25) is 0 Å². The molecule has 2 heterocycles. The lowest BCUT2D eigenvalue weighted by Gasteiger charge is -2.26. The van der Waals surface area contributed by atoms with E-state index < -0.39 is 12.2 Å². The van der Waals surface area contributed by atoms with Gasteiger partial charge in [-0.25, -0.2) is 0 Å². The zero-order valence-corrected chi connectivity index (χ0v) is 17.3. The van der Waals surface area contributed by atoms with E-state index in [1.807, 2.05) is 38.2 Å². The van der Waals surface area contributed by atoms with Crippen LogP contribution < -0.4 is 4.74 Å². The van der Waals surface area contributed by atoms with Gasteiger partial charge < -0.3 is 19.8 Å². The van der Waals surface area contributed by atoms with Crippen molar-refractivity contribution in [3.63, 3.8) is 0 Å². The smallest absolute Gasteiger partial charge is 0.257 e. The highest BCUT2D eigenvalue weighted by Gasteiger charge is 2.23. The Balaban J connectivity index is 1.72. The van der Waals surface area contributed by atoms with E-state index in [0.29, 0.717) is 18.7 Å². The Morgan fingerprint density at radius 1 is 1.14 bits per heavy atom. The maximum absolute atomic E-state index is 13.0. The Bertz CT molecular complexity index is 820. The molecule has 2 aromatic rings. The number of hydrogen-bond donors (Lipinski definition) is 2. The summed E-state index contributed by atoms with van der Waals surface area (Å²) in [5, 5.41) is 24.9. The van der Waals surface area contributed by atoms with E-state index in [9.17, 15) is 15.0 Å². The number of nitrogens with zero attached hydrogens (tertiary/aromatic N) is 3. The fourth-order valence-electron chi connectivity index (χ4n) is 3.61. The topological polar surface area (TPSA) is 87.8 Å². The minimum absolute atomic E-state index is 0.0217. The maximum Gasteiger partial charge on any atom is 0.257 e. The van der Waals surface area contributed by atoms with E-state index in [1.165, 1.54) is 0 Å². The molecule has 7 nitrogen and oxygen atoms in total. The summed E-state index contributed by atoms with van der Waals surface area (Å²) in [4.78, 5) is 14.8. The number of fused-ring (bicyclic) bond motifs is 1. The Labute approximate surface area is 171 Å². The van der Waals surface area contributed by atoms with Crippen molar-refractivity contribution in [1.82, 2.24) is 14.7 Å². The van der Waals surface area contributed by atoms with Gasteiger partial charge >= 0.3 is 0 Å². The molecule has 0 bridgehead atoms. The van der Waals surface area contributed by atoms with E-state index in [4.69, 9.17) is 4.74 Å². The van der Waals surface area contributed by atoms with Gasteiger partial charge in [-0.3, -0.25) is 9.48 Å². The average Bonchev–Trinajstić information content (AvgIpc) is 3.06. The molecular weight excluding hydrogens is 370 g/mol. The van der Waals surface area contributed by atoms with Crippen molar-refractivity contribution in [2.45, 2.75) is 51.2 Å². The van der Waals surface area contributed by atoms with Crippen molar-refractivity contribution < 1.29 is 19.7 Å². The van der Waals surface area contributed by atoms with Gasteiger partial charge in [0.2, 0.25) is 0 Å². The molecular formula is C22H31N3O4. The van der Waals surface area contributed by atoms with Crippen molar-refractivity contribution in [2.24, 2.45) is 7.05 Å². The molecule has 7 heteroatoms. The number of carbonyl (C=O) groups is 1. The van der Waals surface area contributed by atoms with E-state index in [2.05, 4.69) is 5.10 Å². The lowest BCUT2D eigenvalue weighted by Crippen LogP contribution is -2.38. The predicted octanol–water partition coefficient (Wildman–Crippen LogP) is 2.09. The number of rotatable bonds is 1. The summed E-state index contributed by atoms with van der Waals surface area (Å²) in [6.45, 7) is 2.89. The number of para-hydroxylation sites is 1. The highest BCUT2D eigenvalue weighted by molar-refractivity contribution is 5.95. The molecule has 0 aliphatic carbocycles. The zero-order chi connectivity index (χ0) is 20.8. The summed E-state index contributed by atoms with van der Waals surface area (Å²) in [6, 6.07) is 7.82. The molecule has 1 aliphatic rings. The number of ether oxygens (including phenoxy) is 1. The quantitative estimate of drug-likeness (QED) is 0.764. The lowest BCUT2D eigenvalue weighted by molar-refractivity contribution is -0.0153. The molecule has 0 spiro atoms. The van der Waals surface area contributed by atoms with Crippen LogP contribution in [-0.4, -0.2) is 62.7 Å². The molecule has 1 amide bonds. The second-order valence-corrected chi connectivity index (χ2v) is 7.71. The van der Waals surface area contributed by atoms with E-state index in [-0.39, 0.29) is 18.9 Å². The number of aryl methyl sites for hydroxylation is 2. The number of hydrogen-bond acceptors (Lipinski definition) is 5. The monoisotopic (exact) mass is 401 g/mol. The maximum atomic E-state index is 13.0. The summed E-state index contributed by atoms with van der Waals surface area (Å²) in [6.07, 6.45) is 3.67. The van der Waals surface area contributed by atoms with Crippen LogP contribution in [0.3, 0.4) is 0 Å². The first kappa shape index (κ1) is 21.3. The molecule has 2 atom stereocenters. The summed E-state index contributed by atoms with van der Waals surface area (Å²) in [7, 11) is 1.81. The molecule has 0 saturated carbocycles. The zero-order valence-electron chi connectivity index (χ0n) is 17.3. The Morgan fingerprint density at radius 2 is 1.93 bits per heavy atom. The van der Waals surface area contributed by atoms with Crippen LogP contribution in [0.4, 0.5) is 0 Å². The minimum atomic E-state index is -1.01. The normalized spacial score (nSPS) is 21.7. The Kier molecular flexibility index (Phi) is 7.28. The molecule has 0 unspecified atom stereocenters. The molecule has 1 aromatic heterocycles. The second kappa shape index (κ2) is 9.89. The van der Waals surface area contributed by atoms with Crippen LogP contribution in [0.25, 0.3) is 0 Å². The van der Waals surface area contributed by atoms with Gasteiger partial charge in [-0.1, -0.05) is 24.6 Å². The second-order valence-electron chi connectivity index (χ2n) is 7.71. The van der Waals surface area contributed by atoms with Crippen LogP contribution in [0.5, 0.6) is 5.75 Å². The third-order valence-corrected chi connectivity index (χ3v) is 5.65. The van der Waals surface area contributed by atoms with Gasteiger partial charge in [0.25, 0.3) is 5.91 Å². The molecule has 1 aromatic carbocycles. The van der Waals surface area contributed by atoms with Gasteiger partial charge in [0, 0.05) is 25.8 Å². The number of aliphatic hydroxyl groups is 2. The third kappa shape index (κ3) is 5.36. The molecule has 1 aliphatic heterocycles. The molecule has 158 valence electrons. The third-order valence-electron chi connectivity index (χ3n) is 5.65. The summed E-state index contributed by atoms with van der Waals surface area (Å²) < 4.78 is 7.46. The first-order chi connectivity index (χ1) is 14.0. The highest BCUT2D eigenvalue weighted by atomic mass is 16.5. The molecule has 2 N–H and O–H groups in total. The number of aromatic nitrogens is 2. The summed E-state index contributed by atoms with van der Waals surface area (Å²) in [5.41, 5.74) is 2.51. The number of benzene rings is 1. The van der Waals surface area contributed by atoms with Gasteiger partial charge in [-0.15, -0.1) is 0 Å². The average molecular weight is 402 g/mol. The van der Waals surface area contributed by atoms with Crippen LogP contribution in [-0.2, 0) is 13.5 Å². The lowest BCUT2D eigenvalue weighted by atomic mass is 10.0. The van der Waals surface area contributed by atoms with Crippen LogP contribution in [0.1, 0.15) is 47.3 Å². The van der Waals surface area contributed by atoms with Crippen molar-refractivity contribution in [3.05, 3.63) is 47.3 Å². The van der Waals surface area contributed by atoms with Crippen molar-refractivity contribution >= 4 is 5.91 Å². The summed E-state index contributed by atoms with van der Waals surface area (Å²) in [5.74, 6) is 0.686. The van der Waals surface area contributed by atoms with Crippen LogP contribution in [0.15, 0.2) is 30.5 Å². The van der Waals surface area contributed by atoms with Gasteiger partial charge in [0.15, 0.2) is 0 Å². The van der Waals surface area contributed by atoms with Crippen LogP contribution >= 0.6 is 0 Å². The van der Waals surface area contributed by atoms with Crippen LogP contribution in [0, 0.1) is 6.92 Å². The molecule has 0 saturated heterocycles. The largest absolute Gasteiger partial charge is 0.491 e. The Hall–Kier alpha value is -2.38. The standard InChI is InChI=1S/C22H31N3O4/c1-16-18(14-23-24(16)2)22(28)25-12-7-3-4-8-17-9-5-6-10-21(17)29-15-20(27)19(26)11-13-25/h5-6,9-10,14,19-20,26-27H,3-4,7-8,11-13,15H2,1-2H3/t19-,20+/m0/s1. The van der Waals surface area contributed by atoms with Gasteiger partial charge in [-0.05, 0) is 44.2 Å². The number of carbonyl (C=O) groups excluding carboxylic acids is 1. The molecule has 3 rings (SSSR count). The van der Waals surface area contributed by atoms with Crippen molar-refractivity contribution in [3.8, 4) is 5.75 Å². The van der Waals surface area contributed by atoms with E-state index in [1.54, 1.807) is 15.8 Å². The number of aliphatic hydroxyl groups excluding tert-OH is 2. The molecule has 0 radical (unpaired) electrons. The van der Waals surface area contributed by atoms with E-state index in [0.717, 1.165) is 42.7 Å². The van der Waals surface area contributed by atoms with Crippen molar-refractivity contribution in [2.75, 3.05) is 19.7 Å². The fraction of sp³-hybridized carbons (Fsp3) is 0.545. The Morgan fingerprint density at radius 3 is 2.69 bits per heavy atom. The van der Waals surface area contributed by atoms with Gasteiger partial charge in [-0.2, -0.15) is 5.10 Å².